The van der Waals surface area contributed by atoms with Gasteiger partial charge in [-0.1, -0.05) is 127 Å². The fourth-order valence-electron chi connectivity index (χ4n) is 6.84. The van der Waals surface area contributed by atoms with E-state index in [0.717, 1.165) is 72.2 Å². The topological polar surface area (TPSA) is 81.1 Å². The van der Waals surface area contributed by atoms with Gasteiger partial charge in [0.15, 0.2) is 0 Å². The molecule has 2 N–H and O–H groups in total. The molecule has 0 aliphatic heterocycles. The van der Waals surface area contributed by atoms with Gasteiger partial charge in [-0.15, -0.1) is 0 Å². The highest BCUT2D eigenvalue weighted by atomic mass is 16.3. The van der Waals surface area contributed by atoms with Crippen molar-refractivity contribution in [3.05, 3.63) is 132 Å². The largest absolute Gasteiger partial charge is 0.508 e. The van der Waals surface area contributed by atoms with Crippen LogP contribution in [0.5, 0.6) is 11.5 Å². The van der Waals surface area contributed by atoms with Crippen molar-refractivity contribution in [2.24, 2.45) is 0 Å². The average molecular weight is 725 g/mol. The number of phenols is 2. The molecule has 0 saturated heterocycles. The van der Waals surface area contributed by atoms with Crippen molar-refractivity contribution in [2.75, 3.05) is 22.9 Å². The van der Waals surface area contributed by atoms with E-state index < -0.39 is 0 Å². The summed E-state index contributed by atoms with van der Waals surface area (Å²) >= 11 is 0. The first-order chi connectivity index (χ1) is 26.4. The van der Waals surface area contributed by atoms with Gasteiger partial charge in [-0.25, -0.2) is 0 Å². The smallest absolute Gasteiger partial charge is 0.258 e. The maximum atomic E-state index is 14.1. The molecule has 5 aromatic rings. The number of anilines is 2. The van der Waals surface area contributed by atoms with Gasteiger partial charge >= 0.3 is 0 Å². The summed E-state index contributed by atoms with van der Waals surface area (Å²) in [6.07, 6.45) is 13.5. The van der Waals surface area contributed by atoms with Crippen LogP contribution in [0.15, 0.2) is 121 Å². The number of phenolic OH excluding ortho intramolecular Hbond substituents is 2. The second-order valence-corrected chi connectivity index (χ2v) is 14.2. The minimum absolute atomic E-state index is 0.0534. The predicted octanol–water partition coefficient (Wildman–Crippen LogP) is 12.4. The molecule has 6 nitrogen and oxygen atoms in total. The lowest BCUT2D eigenvalue weighted by atomic mass is 10.0. The first kappa shape index (κ1) is 39.8. The minimum atomic E-state index is -0.0534. The van der Waals surface area contributed by atoms with E-state index in [0.29, 0.717) is 24.2 Å². The van der Waals surface area contributed by atoms with Crippen molar-refractivity contribution in [1.82, 2.24) is 0 Å². The zero-order valence-corrected chi connectivity index (χ0v) is 32.1. The summed E-state index contributed by atoms with van der Waals surface area (Å²) in [5.74, 6) is 0.333. The molecule has 282 valence electrons. The Morgan fingerprint density at radius 1 is 0.389 bits per heavy atom. The summed E-state index contributed by atoms with van der Waals surface area (Å²) in [5, 5.41) is 19.4. The third-order valence-corrected chi connectivity index (χ3v) is 10.1. The average Bonchev–Trinajstić information content (AvgIpc) is 3.21. The number of nitrogens with zero attached hydrogens (tertiary/aromatic N) is 2. The number of hydrogen-bond acceptors (Lipinski definition) is 4. The van der Waals surface area contributed by atoms with Gasteiger partial charge in [0, 0.05) is 35.6 Å². The van der Waals surface area contributed by atoms with Crippen molar-refractivity contribution < 1.29 is 19.8 Å². The highest BCUT2D eigenvalue weighted by Gasteiger charge is 2.21. The van der Waals surface area contributed by atoms with E-state index in [-0.39, 0.29) is 23.3 Å². The summed E-state index contributed by atoms with van der Waals surface area (Å²) in [4.78, 5) is 32.0. The Morgan fingerprint density at radius 2 is 0.667 bits per heavy atom. The standard InChI is InChI=1S/C48H56N2O4/c1-3-5-7-9-11-13-35-49(47(53)41-19-15-37(16-20-41)39-23-31-45(51)32-24-39)43-27-29-44(30-28-43)50(36-14-12-10-8-6-4-2)48(54)42-21-17-38(18-22-42)40-25-33-46(52)34-26-40/h15-34,51-52H,3-14,35-36H2,1-2H3. The van der Waals surface area contributed by atoms with E-state index >= 15 is 0 Å². The Balaban J connectivity index is 1.36. The zero-order valence-electron chi connectivity index (χ0n) is 32.1. The van der Waals surface area contributed by atoms with E-state index in [1.165, 1.54) is 38.5 Å². The Hall–Kier alpha value is -5.36. The number of aromatic hydroxyl groups is 2. The van der Waals surface area contributed by atoms with Crippen LogP contribution >= 0.6 is 0 Å². The molecule has 0 unspecified atom stereocenters. The number of amides is 2. The van der Waals surface area contributed by atoms with Crippen LogP contribution in [-0.4, -0.2) is 35.1 Å². The molecule has 0 aliphatic rings. The van der Waals surface area contributed by atoms with E-state index in [1.54, 1.807) is 24.3 Å². The second-order valence-electron chi connectivity index (χ2n) is 14.2. The van der Waals surface area contributed by atoms with Crippen LogP contribution < -0.4 is 9.80 Å². The molecule has 2 amide bonds. The molecule has 5 rings (SSSR count). The number of benzene rings is 5. The third-order valence-electron chi connectivity index (χ3n) is 10.1. The highest BCUT2D eigenvalue weighted by molar-refractivity contribution is 6.08. The molecule has 54 heavy (non-hydrogen) atoms. The first-order valence-corrected chi connectivity index (χ1v) is 19.9. The number of carbonyl (C=O) groups is 2. The molecule has 0 bridgehead atoms. The Morgan fingerprint density at radius 3 is 0.981 bits per heavy atom. The fraction of sp³-hybridized carbons (Fsp3) is 0.333. The lowest BCUT2D eigenvalue weighted by molar-refractivity contribution is 0.0978. The summed E-state index contributed by atoms with van der Waals surface area (Å²) in [6, 6.07) is 37.3. The van der Waals surface area contributed by atoms with Crippen LogP contribution in [0.25, 0.3) is 22.3 Å². The van der Waals surface area contributed by atoms with E-state index in [2.05, 4.69) is 13.8 Å². The predicted molar refractivity (Wildman–Crippen MR) is 224 cm³/mol. The van der Waals surface area contributed by atoms with E-state index in [9.17, 15) is 19.8 Å². The van der Waals surface area contributed by atoms with E-state index in [1.807, 2.05) is 107 Å². The van der Waals surface area contributed by atoms with Crippen molar-refractivity contribution in [1.29, 1.82) is 0 Å². The number of rotatable bonds is 20. The van der Waals surface area contributed by atoms with Gasteiger partial charge < -0.3 is 20.0 Å². The molecule has 0 heterocycles. The van der Waals surface area contributed by atoms with Crippen LogP contribution in [0.3, 0.4) is 0 Å². The van der Waals surface area contributed by atoms with E-state index in [4.69, 9.17) is 0 Å². The minimum Gasteiger partial charge on any atom is -0.508 e. The maximum absolute atomic E-state index is 14.1. The van der Waals surface area contributed by atoms with Gasteiger partial charge in [-0.05, 0) is 108 Å². The lowest BCUT2D eigenvalue weighted by Gasteiger charge is -2.26. The van der Waals surface area contributed by atoms with Crippen molar-refractivity contribution in [3.8, 4) is 33.8 Å². The molecular formula is C48H56N2O4. The second kappa shape index (κ2) is 20.8. The Labute approximate surface area is 322 Å². The molecule has 0 aliphatic carbocycles. The van der Waals surface area contributed by atoms with Crippen molar-refractivity contribution >= 4 is 23.2 Å². The summed E-state index contributed by atoms with van der Waals surface area (Å²) < 4.78 is 0. The van der Waals surface area contributed by atoms with Crippen molar-refractivity contribution in [3.63, 3.8) is 0 Å². The fourth-order valence-corrected chi connectivity index (χ4v) is 6.84. The lowest BCUT2D eigenvalue weighted by Crippen LogP contribution is -2.33. The molecule has 0 spiro atoms. The molecular weight excluding hydrogens is 669 g/mol. The summed E-state index contributed by atoms with van der Waals surface area (Å²) in [5.41, 5.74) is 6.74. The molecule has 0 fully saturated rings. The number of carbonyl (C=O) groups excluding carboxylic acids is 2. The maximum Gasteiger partial charge on any atom is 0.258 e. The van der Waals surface area contributed by atoms with Gasteiger partial charge in [0.2, 0.25) is 0 Å². The molecule has 0 atom stereocenters. The molecule has 0 saturated carbocycles. The van der Waals surface area contributed by atoms with Crippen LogP contribution in [0, 0.1) is 0 Å². The summed E-state index contributed by atoms with van der Waals surface area (Å²) in [6.45, 7) is 5.65. The zero-order chi connectivity index (χ0) is 38.1. The van der Waals surface area contributed by atoms with Crippen LogP contribution in [0.2, 0.25) is 0 Å². The van der Waals surface area contributed by atoms with Gasteiger partial charge in [-0.2, -0.15) is 0 Å². The monoisotopic (exact) mass is 724 g/mol. The van der Waals surface area contributed by atoms with Gasteiger partial charge in [-0.3, -0.25) is 9.59 Å². The molecule has 0 radical (unpaired) electrons. The first-order valence-electron chi connectivity index (χ1n) is 19.9. The van der Waals surface area contributed by atoms with Crippen molar-refractivity contribution in [2.45, 2.75) is 90.9 Å². The van der Waals surface area contributed by atoms with Gasteiger partial charge in [0.1, 0.15) is 11.5 Å². The van der Waals surface area contributed by atoms with Crippen LogP contribution in [-0.2, 0) is 0 Å². The Kier molecular flexibility index (Phi) is 15.3. The molecule has 0 aromatic heterocycles. The van der Waals surface area contributed by atoms with Gasteiger partial charge in [0.25, 0.3) is 11.8 Å². The normalized spacial score (nSPS) is 11.0. The quantitative estimate of drug-likeness (QED) is 0.0783. The SMILES string of the molecule is CCCCCCCCN(C(=O)c1ccc(-c2ccc(O)cc2)cc1)c1ccc(N(CCCCCCCC)C(=O)c2ccc(-c3ccc(O)cc3)cc2)cc1. The van der Waals surface area contributed by atoms with Crippen LogP contribution in [0.4, 0.5) is 11.4 Å². The number of hydrogen-bond donors (Lipinski definition) is 2. The van der Waals surface area contributed by atoms with Crippen LogP contribution in [0.1, 0.15) is 112 Å². The molecule has 5 aromatic carbocycles. The highest BCUT2D eigenvalue weighted by Crippen LogP contribution is 2.28. The van der Waals surface area contributed by atoms with Gasteiger partial charge in [0.05, 0.1) is 0 Å². The Bertz CT molecular complexity index is 1730. The molecule has 6 heteroatoms. The number of unbranched alkanes of at least 4 members (excludes halogenated alkanes) is 10. The summed E-state index contributed by atoms with van der Waals surface area (Å²) in [7, 11) is 0. The third kappa shape index (κ3) is 11.3.